The van der Waals surface area contributed by atoms with Gasteiger partial charge in [-0.05, 0) is 82.4 Å². The van der Waals surface area contributed by atoms with Crippen LogP contribution >= 0.6 is 0 Å². The zero-order chi connectivity index (χ0) is 27.4. The molecular weight excluding hydrogens is 486 g/mol. The average Bonchev–Trinajstić information content (AvgIpc) is 3.84. The molecule has 2 atom stereocenters. The predicted molar refractivity (Wildman–Crippen MR) is 141 cm³/mol. The summed E-state index contributed by atoms with van der Waals surface area (Å²) in [6, 6.07) is 6.01. The number of nitrogens with zero attached hydrogens (tertiary/aromatic N) is 3. The van der Waals surface area contributed by atoms with Crippen LogP contribution in [0, 0.1) is 17.8 Å². The first-order valence-electron chi connectivity index (χ1n) is 13.2. The van der Waals surface area contributed by atoms with Crippen molar-refractivity contribution in [2.45, 2.75) is 64.0 Å². The molecule has 2 fully saturated rings. The third-order valence-corrected chi connectivity index (χ3v) is 8.17. The maximum Gasteiger partial charge on any atom is 0.325 e. The number of benzene rings is 1. The van der Waals surface area contributed by atoms with Gasteiger partial charge in [0.2, 0.25) is 11.8 Å². The van der Waals surface area contributed by atoms with Gasteiger partial charge in [0.05, 0.1) is 12.8 Å². The molecule has 2 N–H and O–H groups in total. The number of hydrogen-bond acceptors (Lipinski definition) is 6. The van der Waals surface area contributed by atoms with E-state index in [1.165, 1.54) is 12.0 Å². The smallest absolute Gasteiger partial charge is 0.325 e. The second kappa shape index (κ2) is 9.56. The van der Waals surface area contributed by atoms with Gasteiger partial charge in [0, 0.05) is 30.5 Å². The third-order valence-electron chi connectivity index (χ3n) is 8.17. The quantitative estimate of drug-likeness (QED) is 0.386. The molecule has 1 aliphatic heterocycles. The van der Waals surface area contributed by atoms with Crippen LogP contribution < -0.4 is 15.5 Å². The minimum atomic E-state index is -1.44. The van der Waals surface area contributed by atoms with Crippen LogP contribution in [0.15, 0.2) is 30.5 Å². The Balaban J connectivity index is 1.42. The number of carbonyl (C=O) groups excluding carboxylic acids is 4. The number of hydrogen-bond donors (Lipinski definition) is 2. The molecule has 3 amide bonds. The Bertz CT molecular complexity index is 1280. The lowest BCUT2D eigenvalue weighted by atomic mass is 9.83. The largest absolute Gasteiger partial charge is 0.468 e. The van der Waals surface area contributed by atoms with Gasteiger partial charge in [-0.25, -0.2) is 0 Å². The minimum Gasteiger partial charge on any atom is -0.468 e. The fraction of sp³-hybridized carbons (Fsp3) is 0.536. The van der Waals surface area contributed by atoms with Crippen LogP contribution in [0.4, 0.5) is 11.4 Å². The summed E-state index contributed by atoms with van der Waals surface area (Å²) < 4.78 is 6.56. The van der Waals surface area contributed by atoms with E-state index in [-0.39, 0.29) is 23.8 Å². The van der Waals surface area contributed by atoms with Crippen LogP contribution in [0.2, 0.25) is 0 Å². The summed E-state index contributed by atoms with van der Waals surface area (Å²) in [4.78, 5) is 54.0. The summed E-state index contributed by atoms with van der Waals surface area (Å²) in [5.41, 5.74) is 0.515. The van der Waals surface area contributed by atoms with Crippen molar-refractivity contribution in [1.82, 2.24) is 15.1 Å². The van der Waals surface area contributed by atoms with E-state index in [1.807, 2.05) is 13.8 Å². The van der Waals surface area contributed by atoms with Gasteiger partial charge >= 0.3 is 5.97 Å². The molecule has 1 aromatic heterocycles. The number of carbonyl (C=O) groups is 4. The van der Waals surface area contributed by atoms with Crippen molar-refractivity contribution < 1.29 is 23.9 Å². The third kappa shape index (κ3) is 4.35. The summed E-state index contributed by atoms with van der Waals surface area (Å²) in [6.07, 6.45) is 5.82. The zero-order valence-corrected chi connectivity index (χ0v) is 22.5. The van der Waals surface area contributed by atoms with E-state index in [1.54, 1.807) is 49.1 Å². The topological polar surface area (TPSA) is 123 Å². The molecule has 38 heavy (non-hydrogen) atoms. The Hall–Kier alpha value is -3.69. The maximum atomic E-state index is 13.8. The fourth-order valence-corrected chi connectivity index (χ4v) is 5.84. The second-order valence-corrected chi connectivity index (χ2v) is 11.2. The lowest BCUT2D eigenvalue weighted by Gasteiger charge is -2.28. The molecule has 2 heterocycles. The summed E-state index contributed by atoms with van der Waals surface area (Å²) in [5.74, 6) is -0.745. The van der Waals surface area contributed by atoms with E-state index in [4.69, 9.17) is 4.74 Å². The molecule has 2 aliphatic carbocycles. The van der Waals surface area contributed by atoms with Gasteiger partial charge in [0.15, 0.2) is 5.41 Å². The molecule has 0 unspecified atom stereocenters. The second-order valence-electron chi connectivity index (χ2n) is 11.2. The maximum absolute atomic E-state index is 13.8. The molecular formula is C28H35N5O5. The Morgan fingerprint density at radius 2 is 1.76 bits per heavy atom. The van der Waals surface area contributed by atoms with Crippen molar-refractivity contribution in [2.75, 3.05) is 24.4 Å². The van der Waals surface area contributed by atoms with Gasteiger partial charge < -0.3 is 20.3 Å². The van der Waals surface area contributed by atoms with Crippen molar-refractivity contribution in [3.05, 3.63) is 41.7 Å². The molecule has 1 aromatic carbocycles. The molecule has 2 saturated carbocycles. The number of esters is 1. The van der Waals surface area contributed by atoms with Gasteiger partial charge in [-0.2, -0.15) is 5.10 Å². The molecule has 0 bridgehead atoms. The molecule has 3 aliphatic rings. The van der Waals surface area contributed by atoms with Crippen LogP contribution in [-0.4, -0.2) is 53.7 Å². The van der Waals surface area contributed by atoms with Crippen molar-refractivity contribution in [1.29, 1.82) is 0 Å². The van der Waals surface area contributed by atoms with Gasteiger partial charge in [-0.15, -0.1) is 0 Å². The summed E-state index contributed by atoms with van der Waals surface area (Å²) in [7, 11) is 2.85. The fourth-order valence-electron chi connectivity index (χ4n) is 5.84. The SMILES string of the molecule is COC(=O)[C@]1(C)C(=O)N(C)c2cc(NC(=O)[C@@H](NC(=O)c3ccnn3C(C)C)C(C3CC3)C3CC3)ccc21. The molecule has 202 valence electrons. The normalized spacial score (nSPS) is 21.4. The Morgan fingerprint density at radius 1 is 1.11 bits per heavy atom. The molecule has 5 rings (SSSR count). The number of amides is 3. The van der Waals surface area contributed by atoms with Crippen molar-refractivity contribution in [3.8, 4) is 0 Å². The van der Waals surface area contributed by atoms with Crippen LogP contribution in [0.25, 0.3) is 0 Å². The van der Waals surface area contributed by atoms with Crippen molar-refractivity contribution in [3.63, 3.8) is 0 Å². The molecule has 2 aromatic rings. The lowest BCUT2D eigenvalue weighted by molar-refractivity contribution is -0.150. The van der Waals surface area contributed by atoms with Gasteiger partial charge in [-0.1, -0.05) is 6.07 Å². The van der Waals surface area contributed by atoms with Crippen LogP contribution in [0.3, 0.4) is 0 Å². The average molecular weight is 522 g/mol. The van der Waals surface area contributed by atoms with Crippen molar-refractivity contribution in [2.24, 2.45) is 17.8 Å². The highest BCUT2D eigenvalue weighted by molar-refractivity contribution is 6.20. The summed E-state index contributed by atoms with van der Waals surface area (Å²) >= 11 is 0. The molecule has 0 spiro atoms. The molecule has 10 heteroatoms. The number of aromatic nitrogens is 2. The minimum absolute atomic E-state index is 0.00229. The first-order valence-corrected chi connectivity index (χ1v) is 13.2. The number of ether oxygens (including phenoxy) is 1. The monoisotopic (exact) mass is 521 g/mol. The summed E-state index contributed by atoms with van der Waals surface area (Å²) in [6.45, 7) is 5.45. The van der Waals surface area contributed by atoms with Gasteiger partial charge in [0.1, 0.15) is 11.7 Å². The first kappa shape index (κ1) is 25.9. The standard InChI is InChI=1S/C28H35N5O5/c1-15(2)33-20(12-13-29-33)24(34)31-23(22(16-6-7-16)17-8-9-17)25(35)30-18-10-11-19-21(14-18)32(4)26(36)28(19,3)27(37)38-5/h10-17,22-23H,6-9H2,1-5H3,(H,30,35)(H,31,34)/t23-,28-/m0/s1. The summed E-state index contributed by atoms with van der Waals surface area (Å²) in [5, 5.41) is 10.3. The first-order chi connectivity index (χ1) is 18.1. The van der Waals surface area contributed by atoms with E-state index in [9.17, 15) is 19.2 Å². The van der Waals surface area contributed by atoms with Gasteiger partial charge in [0.25, 0.3) is 5.91 Å². The highest BCUT2D eigenvalue weighted by atomic mass is 16.5. The van der Waals surface area contributed by atoms with E-state index >= 15 is 0 Å². The predicted octanol–water partition coefficient (Wildman–Crippen LogP) is 3.04. The molecule has 0 radical (unpaired) electrons. The van der Waals surface area contributed by atoms with Gasteiger partial charge in [-0.3, -0.25) is 23.9 Å². The van der Waals surface area contributed by atoms with E-state index < -0.39 is 23.3 Å². The van der Waals surface area contributed by atoms with E-state index in [0.29, 0.717) is 34.5 Å². The van der Waals surface area contributed by atoms with Crippen LogP contribution in [0.1, 0.15) is 68.5 Å². The number of rotatable bonds is 9. The van der Waals surface area contributed by atoms with Crippen molar-refractivity contribution >= 4 is 35.1 Å². The van der Waals surface area contributed by atoms with Crippen LogP contribution in [0.5, 0.6) is 0 Å². The van der Waals surface area contributed by atoms with E-state index in [2.05, 4.69) is 15.7 Å². The number of anilines is 2. The molecule has 0 saturated heterocycles. The Kier molecular flexibility index (Phi) is 6.53. The lowest BCUT2D eigenvalue weighted by Crippen LogP contribution is -2.50. The molecule has 10 nitrogen and oxygen atoms in total. The number of likely N-dealkylation sites (N-methyl/N-ethyl adjacent to an activating group) is 1. The number of nitrogens with one attached hydrogen (secondary N) is 2. The Labute approximate surface area is 222 Å². The Morgan fingerprint density at radius 3 is 2.34 bits per heavy atom. The zero-order valence-electron chi connectivity index (χ0n) is 22.5. The number of methoxy groups -OCH3 is 1. The van der Waals surface area contributed by atoms with E-state index in [0.717, 1.165) is 25.7 Å². The van der Waals surface area contributed by atoms with Crippen LogP contribution in [-0.2, 0) is 24.5 Å². The highest BCUT2D eigenvalue weighted by Crippen LogP contribution is 2.51. The number of fused-ring (bicyclic) bond motifs is 1. The highest BCUT2D eigenvalue weighted by Gasteiger charge is 2.53.